The maximum atomic E-state index is 13.0. The van der Waals surface area contributed by atoms with Crippen LogP contribution < -0.4 is 10.3 Å². The Morgan fingerprint density at radius 2 is 1.90 bits per heavy atom. The monoisotopic (exact) mass is 442 g/mol. The van der Waals surface area contributed by atoms with Gasteiger partial charge in [0.05, 0.1) is 24.1 Å². The Kier molecular flexibility index (Phi) is 5.88. The minimum atomic E-state index is -4.87. The summed E-state index contributed by atoms with van der Waals surface area (Å²) in [7, 11) is 1.14. The van der Waals surface area contributed by atoms with Crippen molar-refractivity contribution in [3.8, 4) is 11.6 Å². The lowest BCUT2D eigenvalue weighted by Gasteiger charge is -2.18. The van der Waals surface area contributed by atoms with Crippen molar-refractivity contribution in [2.24, 2.45) is 0 Å². The van der Waals surface area contributed by atoms with E-state index in [1.165, 1.54) is 30.5 Å². The number of rotatable bonds is 5. The molecule has 0 bridgehead atoms. The SMILES string of the molecule is COC(=O)CC(c1ccc(OC(F)(F)F)cc1)c1c(O)nc2ccc(Cl)cn2c1=O. The number of ether oxygens (including phenoxy) is 2. The van der Waals surface area contributed by atoms with Crippen LogP contribution in [-0.2, 0) is 9.53 Å². The maximum Gasteiger partial charge on any atom is 0.573 e. The zero-order valence-corrected chi connectivity index (χ0v) is 16.1. The molecular weight excluding hydrogens is 429 g/mol. The summed E-state index contributed by atoms with van der Waals surface area (Å²) in [5.41, 5.74) is -0.531. The summed E-state index contributed by atoms with van der Waals surface area (Å²) in [6, 6.07) is 7.47. The third kappa shape index (κ3) is 4.65. The zero-order valence-electron chi connectivity index (χ0n) is 15.3. The predicted molar refractivity (Wildman–Crippen MR) is 99.7 cm³/mol. The van der Waals surface area contributed by atoms with E-state index >= 15 is 0 Å². The van der Waals surface area contributed by atoms with E-state index in [0.717, 1.165) is 23.6 Å². The lowest BCUT2D eigenvalue weighted by Crippen LogP contribution is -2.24. The number of carbonyl (C=O) groups excluding carboxylic acids is 1. The molecule has 11 heteroatoms. The summed E-state index contributed by atoms with van der Waals surface area (Å²) in [5.74, 6) is -2.85. The Morgan fingerprint density at radius 3 is 2.50 bits per heavy atom. The van der Waals surface area contributed by atoms with Gasteiger partial charge in [0.25, 0.3) is 5.56 Å². The summed E-state index contributed by atoms with van der Waals surface area (Å²) >= 11 is 5.93. The van der Waals surface area contributed by atoms with Gasteiger partial charge in [0.15, 0.2) is 0 Å². The molecule has 0 aliphatic heterocycles. The van der Waals surface area contributed by atoms with Crippen molar-refractivity contribution in [2.75, 3.05) is 7.11 Å². The highest BCUT2D eigenvalue weighted by Crippen LogP contribution is 2.33. The molecular formula is C19H14ClF3N2O5. The molecule has 0 amide bonds. The third-order valence-electron chi connectivity index (χ3n) is 4.26. The normalized spacial score (nSPS) is 12.6. The standard InChI is InChI=1S/C19H14ClF3N2O5/c1-29-15(26)8-13(10-2-5-12(6-3-10)30-19(21,22)23)16-17(27)24-14-7-4-11(20)9-25(14)18(16)28/h2-7,9,13,27H,8H2,1H3. The van der Waals surface area contributed by atoms with Crippen LogP contribution in [0.15, 0.2) is 47.4 Å². The molecule has 1 atom stereocenters. The van der Waals surface area contributed by atoms with Crippen LogP contribution in [0.25, 0.3) is 5.65 Å². The van der Waals surface area contributed by atoms with Gasteiger partial charge in [0, 0.05) is 12.1 Å². The van der Waals surface area contributed by atoms with Gasteiger partial charge in [-0.15, -0.1) is 13.2 Å². The highest BCUT2D eigenvalue weighted by Gasteiger charge is 2.31. The van der Waals surface area contributed by atoms with E-state index in [1.54, 1.807) is 0 Å². The molecule has 0 spiro atoms. The van der Waals surface area contributed by atoms with E-state index in [4.69, 9.17) is 11.6 Å². The topological polar surface area (TPSA) is 90.1 Å². The first kappa shape index (κ1) is 21.4. The number of aromatic hydroxyl groups is 1. The van der Waals surface area contributed by atoms with E-state index in [9.17, 15) is 27.9 Å². The number of esters is 1. The van der Waals surface area contributed by atoms with Gasteiger partial charge in [-0.3, -0.25) is 14.0 Å². The largest absolute Gasteiger partial charge is 0.573 e. The van der Waals surface area contributed by atoms with Crippen LogP contribution in [0.4, 0.5) is 13.2 Å². The molecule has 0 saturated carbocycles. The van der Waals surface area contributed by atoms with Gasteiger partial charge in [0.2, 0.25) is 5.88 Å². The second kappa shape index (κ2) is 8.23. The Bertz CT molecular complexity index is 1150. The fourth-order valence-electron chi connectivity index (χ4n) is 2.96. The molecule has 7 nitrogen and oxygen atoms in total. The van der Waals surface area contributed by atoms with Crippen LogP contribution in [0.1, 0.15) is 23.5 Å². The van der Waals surface area contributed by atoms with Gasteiger partial charge in [-0.05, 0) is 29.8 Å². The summed E-state index contributed by atoms with van der Waals surface area (Å²) in [5, 5.41) is 10.6. The number of hydrogen-bond donors (Lipinski definition) is 1. The van der Waals surface area contributed by atoms with Gasteiger partial charge in [-0.25, -0.2) is 0 Å². The molecule has 3 aromatic rings. The number of hydrogen-bond acceptors (Lipinski definition) is 6. The summed E-state index contributed by atoms with van der Waals surface area (Å²) in [6.45, 7) is 0. The summed E-state index contributed by atoms with van der Waals surface area (Å²) in [4.78, 5) is 28.9. The molecule has 158 valence electrons. The smallest absolute Gasteiger partial charge is 0.493 e. The molecule has 30 heavy (non-hydrogen) atoms. The summed E-state index contributed by atoms with van der Waals surface area (Å²) < 4.78 is 46.8. The maximum absolute atomic E-state index is 13.0. The minimum absolute atomic E-state index is 0.122. The average molecular weight is 443 g/mol. The molecule has 0 aliphatic rings. The molecule has 0 radical (unpaired) electrons. The number of fused-ring (bicyclic) bond motifs is 1. The zero-order chi connectivity index (χ0) is 22.1. The number of carbonyl (C=O) groups is 1. The van der Waals surface area contributed by atoms with Gasteiger partial charge < -0.3 is 14.6 Å². The molecule has 3 rings (SSSR count). The van der Waals surface area contributed by atoms with Crippen molar-refractivity contribution in [2.45, 2.75) is 18.7 Å². The number of aromatic nitrogens is 2. The highest BCUT2D eigenvalue weighted by molar-refractivity contribution is 6.30. The number of benzene rings is 1. The third-order valence-corrected chi connectivity index (χ3v) is 4.49. The number of halogens is 4. The average Bonchev–Trinajstić information content (AvgIpc) is 2.67. The van der Waals surface area contributed by atoms with Crippen LogP contribution in [0.3, 0.4) is 0 Å². The van der Waals surface area contributed by atoms with Crippen molar-refractivity contribution in [3.63, 3.8) is 0 Å². The van der Waals surface area contributed by atoms with Crippen molar-refractivity contribution >= 4 is 23.2 Å². The second-order valence-electron chi connectivity index (χ2n) is 6.18. The number of alkyl halides is 3. The molecule has 1 N–H and O–H groups in total. The van der Waals surface area contributed by atoms with Gasteiger partial charge in [-0.1, -0.05) is 23.7 Å². The number of nitrogens with zero attached hydrogens (tertiary/aromatic N) is 2. The first-order chi connectivity index (χ1) is 14.1. The second-order valence-corrected chi connectivity index (χ2v) is 6.62. The van der Waals surface area contributed by atoms with Gasteiger partial charge in [-0.2, -0.15) is 4.98 Å². The number of pyridine rings is 1. The quantitative estimate of drug-likeness (QED) is 0.607. The fraction of sp³-hybridized carbons (Fsp3) is 0.211. The van der Waals surface area contributed by atoms with E-state index in [2.05, 4.69) is 14.5 Å². The molecule has 0 saturated heterocycles. The Hall–Kier alpha value is -3.27. The van der Waals surface area contributed by atoms with Crippen LogP contribution in [0, 0.1) is 0 Å². The van der Waals surface area contributed by atoms with Crippen LogP contribution in [0.5, 0.6) is 11.6 Å². The predicted octanol–water partition coefficient (Wildman–Crippen LogP) is 3.65. The lowest BCUT2D eigenvalue weighted by atomic mass is 9.89. The first-order valence-electron chi connectivity index (χ1n) is 8.42. The van der Waals surface area contributed by atoms with E-state index in [0.29, 0.717) is 0 Å². The fourth-order valence-corrected chi connectivity index (χ4v) is 3.12. The Morgan fingerprint density at radius 1 is 1.23 bits per heavy atom. The minimum Gasteiger partial charge on any atom is -0.493 e. The van der Waals surface area contributed by atoms with Crippen molar-refractivity contribution in [3.05, 3.63) is 69.1 Å². The molecule has 2 aromatic heterocycles. The van der Waals surface area contributed by atoms with Gasteiger partial charge >= 0.3 is 12.3 Å². The van der Waals surface area contributed by atoms with Crippen LogP contribution >= 0.6 is 11.6 Å². The molecule has 0 aliphatic carbocycles. The summed E-state index contributed by atoms with van der Waals surface area (Å²) in [6.07, 6.45) is -3.94. The molecule has 1 aromatic carbocycles. The van der Waals surface area contributed by atoms with Crippen LogP contribution in [-0.4, -0.2) is 33.9 Å². The van der Waals surface area contributed by atoms with E-state index < -0.39 is 35.4 Å². The Labute approximate surface area is 172 Å². The van der Waals surface area contributed by atoms with Gasteiger partial charge in [0.1, 0.15) is 11.4 Å². The van der Waals surface area contributed by atoms with E-state index in [1.807, 2.05) is 0 Å². The first-order valence-corrected chi connectivity index (χ1v) is 8.80. The van der Waals surface area contributed by atoms with Crippen molar-refractivity contribution in [1.29, 1.82) is 0 Å². The van der Waals surface area contributed by atoms with E-state index in [-0.39, 0.29) is 28.2 Å². The lowest BCUT2D eigenvalue weighted by molar-refractivity contribution is -0.274. The van der Waals surface area contributed by atoms with Crippen molar-refractivity contribution in [1.82, 2.24) is 9.38 Å². The molecule has 2 heterocycles. The van der Waals surface area contributed by atoms with Crippen LogP contribution in [0.2, 0.25) is 5.02 Å². The molecule has 1 unspecified atom stereocenters. The number of methoxy groups -OCH3 is 1. The molecule has 0 fully saturated rings. The Balaban J connectivity index is 2.13. The van der Waals surface area contributed by atoms with Crippen molar-refractivity contribution < 1.29 is 32.5 Å². The highest BCUT2D eigenvalue weighted by atomic mass is 35.5.